The quantitative estimate of drug-likeness (QED) is 0.653. The molecule has 1 spiro atoms. The summed E-state index contributed by atoms with van der Waals surface area (Å²) in [5.74, 6) is 0.837. The van der Waals surface area contributed by atoms with Gasteiger partial charge in [-0.2, -0.15) is 0 Å². The smallest absolute Gasteiger partial charge is 0.288 e. The van der Waals surface area contributed by atoms with Gasteiger partial charge in [0.15, 0.2) is 0 Å². The first-order chi connectivity index (χ1) is 10.1. The molecule has 6 nitrogen and oxygen atoms in total. The van der Waals surface area contributed by atoms with E-state index < -0.39 is 4.92 Å². The molecule has 1 saturated heterocycles. The Hall–Kier alpha value is -1.21. The number of rotatable bonds is 2. The van der Waals surface area contributed by atoms with Crippen molar-refractivity contribution in [1.29, 1.82) is 0 Å². The summed E-state index contributed by atoms with van der Waals surface area (Å²) < 4.78 is 0.712. The van der Waals surface area contributed by atoms with Crippen LogP contribution in [0.3, 0.4) is 0 Å². The molecule has 0 bridgehead atoms. The van der Waals surface area contributed by atoms with Gasteiger partial charge in [-0.25, -0.2) is 4.98 Å². The summed E-state index contributed by atoms with van der Waals surface area (Å²) in [5.41, 5.74) is 0.140. The Labute approximate surface area is 132 Å². The van der Waals surface area contributed by atoms with Crippen molar-refractivity contribution in [3.63, 3.8) is 0 Å². The highest BCUT2D eigenvalue weighted by Gasteiger charge is 2.41. The maximum Gasteiger partial charge on any atom is 0.288 e. The number of aromatic nitrogens is 1. The second-order valence-electron chi connectivity index (χ2n) is 5.87. The predicted molar refractivity (Wildman–Crippen MR) is 84.6 cm³/mol. The van der Waals surface area contributed by atoms with Crippen molar-refractivity contribution in [2.75, 3.05) is 24.5 Å². The van der Waals surface area contributed by atoms with Crippen LogP contribution in [0.15, 0.2) is 16.7 Å². The fourth-order valence-corrected chi connectivity index (χ4v) is 4.10. The highest BCUT2D eigenvalue weighted by molar-refractivity contribution is 9.10. The fourth-order valence-electron chi connectivity index (χ4n) is 3.55. The van der Waals surface area contributed by atoms with Gasteiger partial charge < -0.3 is 10.2 Å². The summed E-state index contributed by atoms with van der Waals surface area (Å²) >= 11 is 3.47. The van der Waals surface area contributed by atoms with Crippen molar-refractivity contribution < 1.29 is 4.92 Å². The Morgan fingerprint density at radius 3 is 2.81 bits per heavy atom. The van der Waals surface area contributed by atoms with Crippen LogP contribution in [-0.4, -0.2) is 35.1 Å². The largest absolute Gasteiger partial charge is 0.347 e. The molecule has 0 atom stereocenters. The Bertz CT molecular complexity index is 538. The van der Waals surface area contributed by atoms with Crippen molar-refractivity contribution in [3.05, 3.63) is 26.9 Å². The van der Waals surface area contributed by atoms with E-state index in [9.17, 15) is 10.1 Å². The minimum absolute atomic E-state index is 0.0263. The summed E-state index contributed by atoms with van der Waals surface area (Å²) in [6, 6.07) is 1.56. The molecule has 7 heteroatoms. The molecule has 1 aliphatic heterocycles. The zero-order chi connectivity index (χ0) is 14.9. The van der Waals surface area contributed by atoms with Crippen LogP contribution in [0.1, 0.15) is 32.1 Å². The Morgan fingerprint density at radius 1 is 1.38 bits per heavy atom. The van der Waals surface area contributed by atoms with Crippen LogP contribution in [0.4, 0.5) is 11.5 Å². The lowest BCUT2D eigenvalue weighted by Gasteiger charge is -2.50. The van der Waals surface area contributed by atoms with Crippen molar-refractivity contribution in [3.8, 4) is 0 Å². The van der Waals surface area contributed by atoms with Gasteiger partial charge in [0.05, 0.1) is 14.9 Å². The number of hydrogen-bond donors (Lipinski definition) is 1. The molecule has 0 amide bonds. The van der Waals surface area contributed by atoms with Gasteiger partial charge in [-0.1, -0.05) is 19.3 Å². The summed E-state index contributed by atoms with van der Waals surface area (Å²) in [6.07, 6.45) is 7.45. The minimum atomic E-state index is -0.407. The van der Waals surface area contributed by atoms with Crippen molar-refractivity contribution >= 4 is 27.4 Å². The number of anilines is 1. The molecule has 114 valence electrons. The molecule has 3 rings (SSSR count). The topological polar surface area (TPSA) is 71.3 Å². The number of nitrogens with one attached hydrogen (secondary N) is 1. The number of pyridine rings is 1. The molecule has 1 saturated carbocycles. The molecular weight excluding hydrogens is 336 g/mol. The van der Waals surface area contributed by atoms with Gasteiger partial charge in [-0.3, -0.25) is 10.1 Å². The average molecular weight is 355 g/mol. The minimum Gasteiger partial charge on any atom is -0.347 e. The SMILES string of the molecule is O=[N+]([O-])c1cnc(N2CCNCC23CCCCC3)c(Br)c1. The first kappa shape index (κ1) is 14.7. The maximum atomic E-state index is 10.9. The number of nitro groups is 1. The highest BCUT2D eigenvalue weighted by Crippen LogP contribution is 2.39. The fraction of sp³-hybridized carbons (Fsp3) is 0.643. The lowest BCUT2D eigenvalue weighted by Crippen LogP contribution is -2.62. The summed E-state index contributed by atoms with van der Waals surface area (Å²) in [4.78, 5) is 17.2. The third-order valence-electron chi connectivity index (χ3n) is 4.60. The van der Waals surface area contributed by atoms with Crippen LogP contribution in [0.2, 0.25) is 0 Å². The molecule has 1 aliphatic carbocycles. The molecule has 1 aromatic rings. The van der Waals surface area contributed by atoms with Crippen LogP contribution < -0.4 is 10.2 Å². The Morgan fingerprint density at radius 2 is 2.14 bits per heavy atom. The first-order valence-corrected chi connectivity index (χ1v) is 8.20. The van der Waals surface area contributed by atoms with E-state index in [4.69, 9.17) is 0 Å². The van der Waals surface area contributed by atoms with Crippen LogP contribution in [0, 0.1) is 10.1 Å². The number of piperazine rings is 1. The molecule has 2 fully saturated rings. The summed E-state index contributed by atoms with van der Waals surface area (Å²) in [6.45, 7) is 2.79. The van der Waals surface area contributed by atoms with Crippen molar-refractivity contribution in [2.45, 2.75) is 37.6 Å². The van der Waals surface area contributed by atoms with Gasteiger partial charge in [0.1, 0.15) is 12.0 Å². The predicted octanol–water partition coefficient (Wildman–Crippen LogP) is 2.86. The molecule has 0 radical (unpaired) electrons. The molecule has 21 heavy (non-hydrogen) atoms. The van der Waals surface area contributed by atoms with Gasteiger partial charge in [-0.15, -0.1) is 0 Å². The Balaban J connectivity index is 1.95. The van der Waals surface area contributed by atoms with Crippen LogP contribution >= 0.6 is 15.9 Å². The lowest BCUT2D eigenvalue weighted by atomic mass is 9.79. The summed E-state index contributed by atoms with van der Waals surface area (Å²) in [7, 11) is 0. The monoisotopic (exact) mass is 354 g/mol. The number of halogens is 1. The van der Waals surface area contributed by atoms with E-state index in [1.165, 1.54) is 25.5 Å². The molecule has 0 aromatic carbocycles. The lowest BCUT2D eigenvalue weighted by molar-refractivity contribution is -0.385. The van der Waals surface area contributed by atoms with E-state index in [0.717, 1.165) is 38.3 Å². The molecular formula is C14H19BrN4O2. The van der Waals surface area contributed by atoms with Gasteiger partial charge >= 0.3 is 0 Å². The normalized spacial score (nSPS) is 21.5. The maximum absolute atomic E-state index is 10.9. The van der Waals surface area contributed by atoms with E-state index in [-0.39, 0.29) is 11.2 Å². The van der Waals surface area contributed by atoms with E-state index in [1.54, 1.807) is 6.07 Å². The Kier molecular flexibility index (Phi) is 4.12. The molecule has 2 aliphatic rings. The van der Waals surface area contributed by atoms with Crippen molar-refractivity contribution in [1.82, 2.24) is 10.3 Å². The van der Waals surface area contributed by atoms with E-state index >= 15 is 0 Å². The second kappa shape index (κ2) is 5.88. The molecule has 1 aromatic heterocycles. The number of nitrogens with zero attached hydrogens (tertiary/aromatic N) is 3. The molecule has 1 N–H and O–H groups in total. The molecule has 0 unspecified atom stereocenters. The van der Waals surface area contributed by atoms with E-state index in [1.807, 2.05) is 0 Å². The highest BCUT2D eigenvalue weighted by atomic mass is 79.9. The zero-order valence-electron chi connectivity index (χ0n) is 11.8. The van der Waals surface area contributed by atoms with Crippen LogP contribution in [0.25, 0.3) is 0 Å². The standard InChI is InChI=1S/C14H19BrN4O2/c15-12-8-11(19(20)21)9-17-13(12)18-7-6-16-10-14(18)4-2-1-3-5-14/h8-9,16H,1-7,10H2. The van der Waals surface area contributed by atoms with E-state index in [0.29, 0.717) is 4.47 Å². The van der Waals surface area contributed by atoms with Crippen LogP contribution in [0.5, 0.6) is 0 Å². The second-order valence-corrected chi connectivity index (χ2v) is 6.72. The van der Waals surface area contributed by atoms with Gasteiger partial charge in [0, 0.05) is 25.7 Å². The van der Waals surface area contributed by atoms with Crippen molar-refractivity contribution in [2.24, 2.45) is 0 Å². The number of hydrogen-bond acceptors (Lipinski definition) is 5. The average Bonchev–Trinajstić information content (AvgIpc) is 2.49. The summed E-state index contributed by atoms with van der Waals surface area (Å²) in [5, 5.41) is 14.4. The van der Waals surface area contributed by atoms with Gasteiger partial charge in [0.2, 0.25) is 0 Å². The van der Waals surface area contributed by atoms with Gasteiger partial charge in [-0.05, 0) is 28.8 Å². The third-order valence-corrected chi connectivity index (χ3v) is 5.18. The van der Waals surface area contributed by atoms with Gasteiger partial charge in [0.25, 0.3) is 5.69 Å². The van der Waals surface area contributed by atoms with E-state index in [2.05, 4.69) is 31.1 Å². The molecule has 2 heterocycles. The zero-order valence-corrected chi connectivity index (χ0v) is 13.4. The van der Waals surface area contributed by atoms with Crippen LogP contribution in [-0.2, 0) is 0 Å². The first-order valence-electron chi connectivity index (χ1n) is 7.41. The third kappa shape index (κ3) is 2.76.